The number of aromatic nitrogens is 1. The summed E-state index contributed by atoms with van der Waals surface area (Å²) in [5.41, 5.74) is 5.77. The van der Waals surface area contributed by atoms with Crippen molar-refractivity contribution < 1.29 is 4.79 Å². The van der Waals surface area contributed by atoms with Crippen molar-refractivity contribution in [2.24, 2.45) is 0 Å². The van der Waals surface area contributed by atoms with E-state index in [9.17, 15) is 4.79 Å². The highest BCUT2D eigenvalue weighted by Gasteiger charge is 2.22. The van der Waals surface area contributed by atoms with Crippen LogP contribution in [0, 0.1) is 0 Å². The summed E-state index contributed by atoms with van der Waals surface area (Å²) in [5.74, 6) is 0.226. The van der Waals surface area contributed by atoms with Crippen molar-refractivity contribution in [2.75, 3.05) is 11.1 Å². The van der Waals surface area contributed by atoms with Crippen LogP contribution in [0.3, 0.4) is 0 Å². The first-order valence-corrected chi connectivity index (χ1v) is 8.02. The summed E-state index contributed by atoms with van der Waals surface area (Å²) in [6, 6.07) is 0.289. The quantitative estimate of drug-likeness (QED) is 0.801. The number of nitrogen functional groups attached to an aromatic ring is 1. The van der Waals surface area contributed by atoms with Gasteiger partial charge in [-0.25, -0.2) is 4.98 Å². The first kappa shape index (κ1) is 15.1. The van der Waals surface area contributed by atoms with E-state index in [-0.39, 0.29) is 17.5 Å². The van der Waals surface area contributed by atoms with E-state index in [0.717, 1.165) is 12.8 Å². The first-order chi connectivity index (χ1) is 9.35. The lowest BCUT2D eigenvalue weighted by Gasteiger charge is -2.22. The Balaban J connectivity index is 2.02. The van der Waals surface area contributed by atoms with Crippen LogP contribution in [-0.2, 0) is 0 Å². The molecular weight excluding hydrogens is 272 g/mol. The Labute approximate surface area is 124 Å². The number of nitrogens with zero attached hydrogens (tertiary/aromatic N) is 1. The Morgan fingerprint density at radius 1 is 1.30 bits per heavy atom. The third-order valence-corrected chi connectivity index (χ3v) is 4.27. The van der Waals surface area contributed by atoms with Crippen molar-refractivity contribution in [3.8, 4) is 0 Å². The molecule has 0 radical (unpaired) electrons. The third-order valence-electron chi connectivity index (χ3n) is 3.28. The molecule has 1 aliphatic carbocycles. The van der Waals surface area contributed by atoms with Crippen LogP contribution in [0.4, 0.5) is 10.9 Å². The van der Waals surface area contributed by atoms with Crippen molar-refractivity contribution in [2.45, 2.75) is 64.5 Å². The molecule has 4 N–H and O–H groups in total. The molecule has 2 rings (SSSR count). The predicted octanol–water partition coefficient (Wildman–Crippen LogP) is 3.00. The zero-order chi connectivity index (χ0) is 14.8. The fourth-order valence-electron chi connectivity index (χ4n) is 2.37. The predicted molar refractivity (Wildman–Crippen MR) is 84.2 cm³/mol. The second kappa shape index (κ2) is 5.99. The summed E-state index contributed by atoms with van der Waals surface area (Å²) in [7, 11) is 0. The number of nitrogens with one attached hydrogen (secondary N) is 2. The maximum atomic E-state index is 12.3. The van der Waals surface area contributed by atoms with Gasteiger partial charge < -0.3 is 16.4 Å². The SMILES string of the molecule is CC(C)(C)Nc1nc(N)c(C(=O)NC2CCCCC2)s1. The van der Waals surface area contributed by atoms with Gasteiger partial charge >= 0.3 is 0 Å². The minimum absolute atomic E-state index is 0.0890. The average Bonchev–Trinajstić information content (AvgIpc) is 2.69. The van der Waals surface area contributed by atoms with Crippen LogP contribution in [-0.4, -0.2) is 22.5 Å². The zero-order valence-corrected chi connectivity index (χ0v) is 13.3. The standard InChI is InChI=1S/C14H24N4OS/c1-14(2,3)18-13-17-11(15)10(20-13)12(19)16-9-7-5-4-6-8-9/h9H,4-8,15H2,1-3H3,(H,16,19)(H,17,18). The maximum Gasteiger partial charge on any atom is 0.265 e. The largest absolute Gasteiger partial charge is 0.382 e. The van der Waals surface area contributed by atoms with Crippen molar-refractivity contribution in [3.05, 3.63) is 4.88 Å². The van der Waals surface area contributed by atoms with Crippen molar-refractivity contribution in [1.82, 2.24) is 10.3 Å². The number of nitrogens with two attached hydrogens (primary N) is 1. The van der Waals surface area contributed by atoms with Gasteiger partial charge in [-0.1, -0.05) is 30.6 Å². The molecule has 0 aliphatic heterocycles. The van der Waals surface area contributed by atoms with Gasteiger partial charge in [0.15, 0.2) is 5.13 Å². The molecular formula is C14H24N4OS. The normalized spacial score (nSPS) is 16.9. The Kier molecular flexibility index (Phi) is 4.52. The molecule has 0 spiro atoms. The maximum absolute atomic E-state index is 12.3. The van der Waals surface area contributed by atoms with E-state index in [1.54, 1.807) is 0 Å². The highest BCUT2D eigenvalue weighted by molar-refractivity contribution is 7.18. The van der Waals surface area contributed by atoms with Crippen LogP contribution in [0.5, 0.6) is 0 Å². The summed E-state index contributed by atoms with van der Waals surface area (Å²) >= 11 is 1.32. The molecule has 5 nitrogen and oxygen atoms in total. The van der Waals surface area contributed by atoms with Crippen LogP contribution >= 0.6 is 11.3 Å². The Hall–Kier alpha value is -1.30. The van der Waals surface area contributed by atoms with Gasteiger partial charge in [0.2, 0.25) is 0 Å². The second-order valence-electron chi connectivity index (χ2n) is 6.42. The summed E-state index contributed by atoms with van der Waals surface area (Å²) in [5, 5.41) is 7.02. The molecule has 0 atom stereocenters. The van der Waals surface area contributed by atoms with Gasteiger partial charge in [-0.15, -0.1) is 0 Å². The minimum atomic E-state index is -0.0958. The van der Waals surface area contributed by atoms with Gasteiger partial charge in [0.05, 0.1) is 0 Å². The summed E-state index contributed by atoms with van der Waals surface area (Å²) < 4.78 is 0. The van der Waals surface area contributed by atoms with E-state index < -0.39 is 0 Å². The number of thiazole rings is 1. The van der Waals surface area contributed by atoms with Gasteiger partial charge in [-0.3, -0.25) is 4.79 Å². The molecule has 112 valence electrons. The molecule has 1 aromatic rings. The highest BCUT2D eigenvalue weighted by atomic mass is 32.1. The molecule has 20 heavy (non-hydrogen) atoms. The Bertz CT molecular complexity index is 472. The average molecular weight is 296 g/mol. The molecule has 1 amide bonds. The number of carbonyl (C=O) groups excluding carboxylic acids is 1. The Morgan fingerprint density at radius 3 is 2.55 bits per heavy atom. The molecule has 0 unspecified atom stereocenters. The molecule has 0 bridgehead atoms. The molecule has 1 aliphatic rings. The van der Waals surface area contributed by atoms with Crippen LogP contribution in [0.15, 0.2) is 0 Å². The Morgan fingerprint density at radius 2 is 1.95 bits per heavy atom. The van der Waals surface area contributed by atoms with Crippen molar-refractivity contribution in [1.29, 1.82) is 0 Å². The lowest BCUT2D eigenvalue weighted by Crippen LogP contribution is -2.36. The number of amides is 1. The van der Waals surface area contributed by atoms with Gasteiger partial charge in [0.25, 0.3) is 5.91 Å². The van der Waals surface area contributed by atoms with Gasteiger partial charge in [0, 0.05) is 11.6 Å². The number of hydrogen-bond donors (Lipinski definition) is 3. The van der Waals surface area contributed by atoms with E-state index in [1.807, 2.05) is 20.8 Å². The number of anilines is 2. The molecule has 6 heteroatoms. The molecule has 1 fully saturated rings. The van der Waals surface area contributed by atoms with Crippen molar-refractivity contribution >= 4 is 28.2 Å². The third kappa shape index (κ3) is 4.10. The second-order valence-corrected chi connectivity index (χ2v) is 7.42. The monoisotopic (exact) mass is 296 g/mol. The van der Waals surface area contributed by atoms with Crippen LogP contribution in [0.2, 0.25) is 0 Å². The van der Waals surface area contributed by atoms with Gasteiger partial charge in [-0.05, 0) is 33.6 Å². The summed E-state index contributed by atoms with van der Waals surface area (Å²) in [4.78, 5) is 17.0. The van der Waals surface area contributed by atoms with E-state index in [2.05, 4.69) is 15.6 Å². The van der Waals surface area contributed by atoms with E-state index >= 15 is 0 Å². The van der Waals surface area contributed by atoms with Crippen LogP contribution < -0.4 is 16.4 Å². The lowest BCUT2D eigenvalue weighted by atomic mass is 9.95. The number of carbonyl (C=O) groups is 1. The van der Waals surface area contributed by atoms with Crippen LogP contribution in [0.25, 0.3) is 0 Å². The minimum Gasteiger partial charge on any atom is -0.382 e. The van der Waals surface area contributed by atoms with Crippen LogP contribution in [0.1, 0.15) is 62.5 Å². The fraction of sp³-hybridized carbons (Fsp3) is 0.714. The molecule has 0 saturated heterocycles. The summed E-state index contributed by atoms with van der Waals surface area (Å²) in [6.45, 7) is 6.14. The molecule has 0 aromatic carbocycles. The number of hydrogen-bond acceptors (Lipinski definition) is 5. The smallest absolute Gasteiger partial charge is 0.265 e. The lowest BCUT2D eigenvalue weighted by molar-refractivity contribution is 0.0932. The highest BCUT2D eigenvalue weighted by Crippen LogP contribution is 2.27. The van der Waals surface area contributed by atoms with E-state index in [4.69, 9.17) is 5.73 Å². The number of rotatable bonds is 3. The fourth-order valence-corrected chi connectivity index (χ4v) is 3.36. The van der Waals surface area contributed by atoms with Crippen molar-refractivity contribution in [3.63, 3.8) is 0 Å². The zero-order valence-electron chi connectivity index (χ0n) is 12.5. The molecule has 1 heterocycles. The molecule has 1 aromatic heterocycles. The van der Waals surface area contributed by atoms with E-state index in [1.165, 1.54) is 30.6 Å². The summed E-state index contributed by atoms with van der Waals surface area (Å²) in [6.07, 6.45) is 5.80. The first-order valence-electron chi connectivity index (χ1n) is 7.20. The van der Waals surface area contributed by atoms with E-state index in [0.29, 0.717) is 15.8 Å². The van der Waals surface area contributed by atoms with Gasteiger partial charge in [-0.2, -0.15) is 0 Å². The molecule has 1 saturated carbocycles. The topological polar surface area (TPSA) is 80.0 Å². The van der Waals surface area contributed by atoms with Gasteiger partial charge in [0.1, 0.15) is 10.7 Å².